The maximum absolute atomic E-state index is 13.5. The van der Waals surface area contributed by atoms with Gasteiger partial charge in [-0.05, 0) is 24.6 Å². The van der Waals surface area contributed by atoms with E-state index in [1.807, 2.05) is 0 Å². The number of para-hydroxylation sites is 1. The van der Waals surface area contributed by atoms with Gasteiger partial charge in [0.2, 0.25) is 11.8 Å². The van der Waals surface area contributed by atoms with Gasteiger partial charge in [0.15, 0.2) is 0 Å². The van der Waals surface area contributed by atoms with E-state index in [2.05, 4.69) is 10.6 Å². The van der Waals surface area contributed by atoms with Gasteiger partial charge >= 0.3 is 6.18 Å². The zero-order valence-corrected chi connectivity index (χ0v) is 14.0. The maximum Gasteiger partial charge on any atom is 0.418 e. The average Bonchev–Trinajstić information content (AvgIpc) is 3.41. The molecule has 0 saturated heterocycles. The molecule has 8 heteroatoms. The Labute approximate surface area is 152 Å². The van der Waals surface area contributed by atoms with Crippen molar-refractivity contribution < 1.29 is 27.2 Å². The zero-order chi connectivity index (χ0) is 19.6. The molecule has 0 bridgehead atoms. The van der Waals surface area contributed by atoms with Crippen LogP contribution in [0.2, 0.25) is 0 Å². The molecule has 0 aromatic heterocycles. The Kier molecular flexibility index (Phi) is 5.16. The van der Waals surface area contributed by atoms with E-state index in [1.165, 1.54) is 30.3 Å². The number of hydrogen-bond donors (Lipinski definition) is 2. The number of nitrogens with one attached hydrogen (secondary N) is 2. The van der Waals surface area contributed by atoms with Crippen LogP contribution in [-0.2, 0) is 22.3 Å². The standard InChI is InChI=1S/C19H16F4N2O2/c20-15-7-3-1-5-11(15)10-24-17(26)12-9-13(12)18(27)25-16-8-4-2-6-14(16)19(21,22)23/h1-8,12-13H,9-10H2,(H,24,26)(H,25,27). The third-order valence-corrected chi connectivity index (χ3v) is 4.37. The molecule has 2 N–H and O–H groups in total. The van der Waals surface area contributed by atoms with Gasteiger partial charge in [0, 0.05) is 12.1 Å². The Bertz CT molecular complexity index is 867. The van der Waals surface area contributed by atoms with Crippen LogP contribution >= 0.6 is 0 Å². The van der Waals surface area contributed by atoms with Crippen LogP contribution in [-0.4, -0.2) is 11.8 Å². The van der Waals surface area contributed by atoms with E-state index in [9.17, 15) is 27.2 Å². The summed E-state index contributed by atoms with van der Waals surface area (Å²) in [5.74, 6) is -2.85. The summed E-state index contributed by atoms with van der Waals surface area (Å²) in [6, 6.07) is 10.6. The van der Waals surface area contributed by atoms with E-state index in [0.717, 1.165) is 12.1 Å². The molecule has 0 aliphatic heterocycles. The van der Waals surface area contributed by atoms with Gasteiger partial charge in [-0.3, -0.25) is 9.59 Å². The minimum atomic E-state index is -4.59. The van der Waals surface area contributed by atoms with Crippen molar-refractivity contribution in [1.82, 2.24) is 5.32 Å². The first-order chi connectivity index (χ1) is 12.8. The average molecular weight is 380 g/mol. The zero-order valence-electron chi connectivity index (χ0n) is 14.0. The van der Waals surface area contributed by atoms with Gasteiger partial charge in [0.05, 0.1) is 23.1 Å². The van der Waals surface area contributed by atoms with Crippen molar-refractivity contribution in [1.29, 1.82) is 0 Å². The summed E-state index contributed by atoms with van der Waals surface area (Å²) in [6.45, 7) is -0.0206. The molecule has 4 nitrogen and oxygen atoms in total. The molecule has 0 heterocycles. The van der Waals surface area contributed by atoms with Crippen LogP contribution in [0.5, 0.6) is 0 Å². The van der Waals surface area contributed by atoms with E-state index < -0.39 is 41.2 Å². The molecule has 1 fully saturated rings. The molecule has 27 heavy (non-hydrogen) atoms. The lowest BCUT2D eigenvalue weighted by Crippen LogP contribution is -2.27. The molecule has 0 radical (unpaired) electrons. The van der Waals surface area contributed by atoms with Crippen molar-refractivity contribution in [2.24, 2.45) is 11.8 Å². The molecule has 2 aromatic rings. The van der Waals surface area contributed by atoms with Gasteiger partial charge in [-0.15, -0.1) is 0 Å². The first-order valence-corrected chi connectivity index (χ1v) is 8.25. The van der Waals surface area contributed by atoms with E-state index in [-0.39, 0.29) is 18.7 Å². The molecule has 1 aliphatic carbocycles. The molecule has 2 atom stereocenters. The second-order valence-electron chi connectivity index (χ2n) is 6.29. The number of carbonyl (C=O) groups excluding carboxylic acids is 2. The molecule has 2 unspecified atom stereocenters. The van der Waals surface area contributed by atoms with Crippen molar-refractivity contribution in [3.8, 4) is 0 Å². The lowest BCUT2D eigenvalue weighted by molar-refractivity contribution is -0.137. The van der Waals surface area contributed by atoms with E-state index in [4.69, 9.17) is 0 Å². The topological polar surface area (TPSA) is 58.2 Å². The summed E-state index contributed by atoms with van der Waals surface area (Å²) >= 11 is 0. The van der Waals surface area contributed by atoms with Crippen molar-refractivity contribution in [3.05, 3.63) is 65.5 Å². The van der Waals surface area contributed by atoms with Crippen molar-refractivity contribution in [3.63, 3.8) is 0 Å². The first kappa shape index (κ1) is 18.9. The fourth-order valence-electron chi connectivity index (χ4n) is 2.79. The number of halogens is 4. The highest BCUT2D eigenvalue weighted by molar-refractivity contribution is 6.00. The minimum Gasteiger partial charge on any atom is -0.352 e. The highest BCUT2D eigenvalue weighted by Gasteiger charge is 2.48. The summed E-state index contributed by atoms with van der Waals surface area (Å²) in [7, 11) is 0. The SMILES string of the molecule is O=C(NCc1ccccc1F)C1CC1C(=O)Nc1ccccc1C(F)(F)F. The molecule has 2 aromatic carbocycles. The van der Waals surface area contributed by atoms with E-state index in [0.29, 0.717) is 5.56 Å². The number of benzene rings is 2. The molecule has 142 valence electrons. The molecule has 1 saturated carbocycles. The smallest absolute Gasteiger partial charge is 0.352 e. The largest absolute Gasteiger partial charge is 0.418 e. The molecule has 0 spiro atoms. The Morgan fingerprint density at radius 2 is 1.59 bits per heavy atom. The minimum absolute atomic E-state index is 0.0206. The van der Waals surface area contributed by atoms with Gasteiger partial charge in [-0.2, -0.15) is 13.2 Å². The van der Waals surface area contributed by atoms with Crippen molar-refractivity contribution in [2.75, 3.05) is 5.32 Å². The quantitative estimate of drug-likeness (QED) is 0.777. The lowest BCUT2D eigenvalue weighted by atomic mass is 10.1. The number of carbonyl (C=O) groups is 2. The van der Waals surface area contributed by atoms with Gasteiger partial charge in [-0.1, -0.05) is 30.3 Å². The molecular formula is C19H16F4N2O2. The summed E-state index contributed by atoms with van der Waals surface area (Å²) in [4.78, 5) is 24.3. The normalized spacial score (nSPS) is 18.7. The summed E-state index contributed by atoms with van der Waals surface area (Å²) in [5, 5.41) is 4.79. The lowest BCUT2D eigenvalue weighted by Gasteiger charge is -2.13. The van der Waals surface area contributed by atoms with Gasteiger partial charge in [0.25, 0.3) is 0 Å². The van der Waals surface area contributed by atoms with Crippen molar-refractivity contribution in [2.45, 2.75) is 19.1 Å². The van der Waals surface area contributed by atoms with Crippen LogP contribution in [0.15, 0.2) is 48.5 Å². The second kappa shape index (κ2) is 7.38. The van der Waals surface area contributed by atoms with Gasteiger partial charge < -0.3 is 10.6 Å². The number of amides is 2. The van der Waals surface area contributed by atoms with Crippen LogP contribution in [0.4, 0.5) is 23.2 Å². The maximum atomic E-state index is 13.5. The third-order valence-electron chi connectivity index (χ3n) is 4.37. The van der Waals surface area contributed by atoms with E-state index in [1.54, 1.807) is 6.07 Å². The summed E-state index contributed by atoms with van der Waals surface area (Å²) in [5.41, 5.74) is -0.974. The highest BCUT2D eigenvalue weighted by atomic mass is 19.4. The third kappa shape index (κ3) is 4.45. The first-order valence-electron chi connectivity index (χ1n) is 8.25. The Morgan fingerprint density at radius 1 is 0.963 bits per heavy atom. The fraction of sp³-hybridized carbons (Fsp3) is 0.263. The van der Waals surface area contributed by atoms with E-state index >= 15 is 0 Å². The molecule has 2 amide bonds. The van der Waals surface area contributed by atoms with Crippen LogP contribution in [0.3, 0.4) is 0 Å². The Hall–Kier alpha value is -2.90. The van der Waals surface area contributed by atoms with Gasteiger partial charge in [0.1, 0.15) is 5.82 Å². The Morgan fingerprint density at radius 3 is 2.30 bits per heavy atom. The number of rotatable bonds is 5. The van der Waals surface area contributed by atoms with Gasteiger partial charge in [-0.25, -0.2) is 4.39 Å². The molecule has 3 rings (SSSR count). The van der Waals surface area contributed by atoms with Crippen LogP contribution < -0.4 is 10.6 Å². The Balaban J connectivity index is 1.57. The monoisotopic (exact) mass is 380 g/mol. The fourth-order valence-corrected chi connectivity index (χ4v) is 2.79. The summed E-state index contributed by atoms with van der Waals surface area (Å²) in [6.07, 6.45) is -4.35. The van der Waals surface area contributed by atoms with Crippen LogP contribution in [0.1, 0.15) is 17.5 Å². The highest BCUT2D eigenvalue weighted by Crippen LogP contribution is 2.41. The number of anilines is 1. The molecule has 1 aliphatic rings. The van der Waals surface area contributed by atoms with Crippen molar-refractivity contribution >= 4 is 17.5 Å². The van der Waals surface area contributed by atoms with Crippen LogP contribution in [0.25, 0.3) is 0 Å². The number of hydrogen-bond acceptors (Lipinski definition) is 2. The predicted octanol–water partition coefficient (Wildman–Crippen LogP) is 3.74. The number of alkyl halides is 3. The van der Waals surface area contributed by atoms with Crippen LogP contribution in [0, 0.1) is 17.7 Å². The second-order valence-corrected chi connectivity index (χ2v) is 6.29. The summed E-state index contributed by atoms with van der Waals surface area (Å²) < 4.78 is 52.4. The predicted molar refractivity (Wildman–Crippen MR) is 89.9 cm³/mol. The molecular weight excluding hydrogens is 364 g/mol.